The molecule has 2 heterocycles. The highest BCUT2D eigenvalue weighted by Gasteiger charge is 2.04. The van der Waals surface area contributed by atoms with Crippen molar-refractivity contribution in [3.63, 3.8) is 0 Å². The van der Waals surface area contributed by atoms with E-state index < -0.39 is 0 Å². The Hall–Kier alpha value is -1.75. The highest BCUT2D eigenvalue weighted by Crippen LogP contribution is 2.19. The monoisotopic (exact) mass is 238 g/mol. The molecule has 0 spiro atoms. The summed E-state index contributed by atoms with van der Waals surface area (Å²) in [7, 11) is 1.75. The molecule has 0 unspecified atom stereocenters. The third kappa shape index (κ3) is 2.43. The summed E-state index contributed by atoms with van der Waals surface area (Å²) in [5.41, 5.74) is 0. The topological polar surface area (TPSA) is 63.0 Å². The van der Waals surface area contributed by atoms with E-state index in [0.717, 1.165) is 5.76 Å². The van der Waals surface area contributed by atoms with Gasteiger partial charge >= 0.3 is 0 Å². The van der Waals surface area contributed by atoms with Crippen molar-refractivity contribution in [2.45, 2.75) is 6.54 Å². The molecule has 2 N–H and O–H groups in total. The molecule has 6 heteroatoms. The molecule has 0 saturated heterocycles. The predicted octanol–water partition coefficient (Wildman–Crippen LogP) is 2.38. The number of halogens is 1. The van der Waals surface area contributed by atoms with E-state index >= 15 is 0 Å². The first-order valence-electron chi connectivity index (χ1n) is 4.76. The summed E-state index contributed by atoms with van der Waals surface area (Å²) >= 11 is 5.95. The van der Waals surface area contributed by atoms with Crippen LogP contribution in [0.2, 0.25) is 5.02 Å². The van der Waals surface area contributed by atoms with Crippen molar-refractivity contribution in [1.82, 2.24) is 9.97 Å². The molecule has 2 rings (SSSR count). The Morgan fingerprint density at radius 1 is 1.50 bits per heavy atom. The van der Waals surface area contributed by atoms with E-state index in [9.17, 15) is 0 Å². The lowest BCUT2D eigenvalue weighted by Crippen LogP contribution is -2.04. The summed E-state index contributed by atoms with van der Waals surface area (Å²) in [5.74, 6) is 1.92. The van der Waals surface area contributed by atoms with Crippen molar-refractivity contribution in [3.05, 3.63) is 35.4 Å². The number of nitrogens with zero attached hydrogens (tertiary/aromatic N) is 2. The molecule has 84 valence electrons. The van der Waals surface area contributed by atoms with Crippen LogP contribution >= 0.6 is 11.6 Å². The number of hydrogen-bond acceptors (Lipinski definition) is 5. The summed E-state index contributed by atoms with van der Waals surface area (Å²) in [6.07, 6.45) is 3.17. The van der Waals surface area contributed by atoms with E-state index in [-0.39, 0.29) is 0 Å². The van der Waals surface area contributed by atoms with Gasteiger partial charge in [0.2, 0.25) is 5.95 Å². The molecular weight excluding hydrogens is 228 g/mol. The zero-order chi connectivity index (χ0) is 11.4. The molecule has 0 bridgehead atoms. The molecule has 0 aliphatic heterocycles. The lowest BCUT2D eigenvalue weighted by atomic mass is 10.4. The van der Waals surface area contributed by atoms with Crippen molar-refractivity contribution in [2.75, 3.05) is 17.7 Å². The van der Waals surface area contributed by atoms with Crippen molar-refractivity contribution in [1.29, 1.82) is 0 Å². The van der Waals surface area contributed by atoms with Crippen molar-refractivity contribution in [2.24, 2.45) is 0 Å². The second kappa shape index (κ2) is 4.85. The van der Waals surface area contributed by atoms with Gasteiger partial charge in [0, 0.05) is 7.05 Å². The first-order valence-corrected chi connectivity index (χ1v) is 5.14. The van der Waals surface area contributed by atoms with Crippen molar-refractivity contribution < 1.29 is 4.42 Å². The molecular formula is C10H11ClN4O. The number of rotatable bonds is 4. The SMILES string of the molecule is CNc1ncc(Cl)c(NCc2ccco2)n1. The molecule has 2 aromatic heterocycles. The van der Waals surface area contributed by atoms with Gasteiger partial charge in [-0.15, -0.1) is 0 Å². The number of furan rings is 1. The molecule has 5 nitrogen and oxygen atoms in total. The third-order valence-electron chi connectivity index (χ3n) is 1.98. The van der Waals surface area contributed by atoms with Crippen LogP contribution in [0.3, 0.4) is 0 Å². The second-order valence-electron chi connectivity index (χ2n) is 3.07. The number of aromatic nitrogens is 2. The molecule has 2 aromatic rings. The minimum Gasteiger partial charge on any atom is -0.467 e. The normalized spacial score (nSPS) is 10.1. The Morgan fingerprint density at radius 2 is 2.38 bits per heavy atom. The first-order chi connectivity index (χ1) is 7.79. The molecule has 0 fully saturated rings. The average Bonchev–Trinajstić information content (AvgIpc) is 2.81. The van der Waals surface area contributed by atoms with E-state index in [1.165, 1.54) is 0 Å². The summed E-state index contributed by atoms with van der Waals surface area (Å²) < 4.78 is 5.19. The van der Waals surface area contributed by atoms with E-state index in [1.54, 1.807) is 19.5 Å². The maximum Gasteiger partial charge on any atom is 0.224 e. The largest absolute Gasteiger partial charge is 0.467 e. The Morgan fingerprint density at radius 3 is 3.06 bits per heavy atom. The highest BCUT2D eigenvalue weighted by molar-refractivity contribution is 6.32. The Balaban J connectivity index is 2.08. The zero-order valence-corrected chi connectivity index (χ0v) is 9.45. The van der Waals surface area contributed by atoms with Crippen LogP contribution in [-0.4, -0.2) is 17.0 Å². The quantitative estimate of drug-likeness (QED) is 0.856. The molecule has 0 aliphatic rings. The molecule has 0 aromatic carbocycles. The van der Waals surface area contributed by atoms with Crippen LogP contribution in [0.25, 0.3) is 0 Å². The van der Waals surface area contributed by atoms with E-state index in [2.05, 4.69) is 20.6 Å². The van der Waals surface area contributed by atoms with Gasteiger partial charge in [-0.3, -0.25) is 0 Å². The summed E-state index contributed by atoms with van der Waals surface area (Å²) in [6.45, 7) is 0.535. The molecule has 0 atom stereocenters. The Bertz CT molecular complexity index is 458. The minimum absolute atomic E-state index is 0.477. The van der Waals surface area contributed by atoms with Crippen molar-refractivity contribution >= 4 is 23.4 Å². The van der Waals surface area contributed by atoms with Gasteiger partial charge in [-0.25, -0.2) is 4.98 Å². The van der Waals surface area contributed by atoms with Gasteiger partial charge in [0.05, 0.1) is 19.0 Å². The van der Waals surface area contributed by atoms with Crippen LogP contribution in [0.15, 0.2) is 29.0 Å². The van der Waals surface area contributed by atoms with Gasteiger partial charge < -0.3 is 15.1 Å². The summed E-state index contributed by atoms with van der Waals surface area (Å²) in [4.78, 5) is 8.17. The molecule has 0 radical (unpaired) electrons. The highest BCUT2D eigenvalue weighted by atomic mass is 35.5. The average molecular weight is 239 g/mol. The lowest BCUT2D eigenvalue weighted by Gasteiger charge is -2.06. The van der Waals surface area contributed by atoms with Crippen LogP contribution in [-0.2, 0) is 6.54 Å². The van der Waals surface area contributed by atoms with Crippen LogP contribution in [0.1, 0.15) is 5.76 Å². The molecule has 0 saturated carbocycles. The van der Waals surface area contributed by atoms with Crippen molar-refractivity contribution in [3.8, 4) is 0 Å². The summed E-state index contributed by atoms with van der Waals surface area (Å²) in [6, 6.07) is 3.71. The van der Waals surface area contributed by atoms with E-state index in [1.807, 2.05) is 12.1 Å². The Labute approximate surface area is 97.9 Å². The Kier molecular flexibility index (Phi) is 3.26. The van der Waals surface area contributed by atoms with Crippen LogP contribution < -0.4 is 10.6 Å². The van der Waals surface area contributed by atoms with Gasteiger partial charge in [0.1, 0.15) is 10.8 Å². The molecule has 0 amide bonds. The van der Waals surface area contributed by atoms with Gasteiger partial charge in [-0.1, -0.05) is 11.6 Å². The zero-order valence-electron chi connectivity index (χ0n) is 8.70. The minimum atomic E-state index is 0.477. The van der Waals surface area contributed by atoms with E-state index in [4.69, 9.17) is 16.0 Å². The standard InChI is InChI=1S/C10H11ClN4O/c1-12-10-14-6-8(11)9(15-10)13-5-7-3-2-4-16-7/h2-4,6H,5H2,1H3,(H2,12,13,14,15). The van der Waals surface area contributed by atoms with Gasteiger partial charge in [-0.2, -0.15) is 4.98 Å². The van der Waals surface area contributed by atoms with Crippen LogP contribution in [0.4, 0.5) is 11.8 Å². The van der Waals surface area contributed by atoms with Crippen LogP contribution in [0, 0.1) is 0 Å². The van der Waals surface area contributed by atoms with Crippen LogP contribution in [0.5, 0.6) is 0 Å². The fourth-order valence-corrected chi connectivity index (χ4v) is 1.35. The maximum atomic E-state index is 5.95. The molecule has 0 aliphatic carbocycles. The van der Waals surface area contributed by atoms with Gasteiger partial charge in [0.15, 0.2) is 5.82 Å². The number of nitrogens with one attached hydrogen (secondary N) is 2. The fourth-order valence-electron chi connectivity index (χ4n) is 1.20. The lowest BCUT2D eigenvalue weighted by molar-refractivity contribution is 0.518. The summed E-state index contributed by atoms with van der Waals surface area (Å²) in [5, 5.41) is 6.39. The van der Waals surface area contributed by atoms with E-state index in [0.29, 0.717) is 23.3 Å². The third-order valence-corrected chi connectivity index (χ3v) is 2.25. The molecule has 16 heavy (non-hydrogen) atoms. The first kappa shape index (κ1) is 10.8. The number of hydrogen-bond donors (Lipinski definition) is 2. The second-order valence-corrected chi connectivity index (χ2v) is 3.48. The van der Waals surface area contributed by atoms with Gasteiger partial charge in [-0.05, 0) is 12.1 Å². The van der Waals surface area contributed by atoms with Gasteiger partial charge in [0.25, 0.3) is 0 Å². The maximum absolute atomic E-state index is 5.95. The predicted molar refractivity (Wildman–Crippen MR) is 62.6 cm³/mol. The number of anilines is 2. The fraction of sp³-hybridized carbons (Fsp3) is 0.200. The smallest absolute Gasteiger partial charge is 0.224 e.